The zero-order chi connectivity index (χ0) is 28.5. The summed E-state index contributed by atoms with van der Waals surface area (Å²) in [6, 6.07) is 0.835. The summed E-state index contributed by atoms with van der Waals surface area (Å²) in [5.74, 6) is -6.22. The van der Waals surface area contributed by atoms with Crippen molar-refractivity contribution in [3.05, 3.63) is 45.4 Å². The predicted octanol–water partition coefficient (Wildman–Crippen LogP) is 1.11. The molecule has 1 saturated heterocycles. The number of carbonyl (C=O) groups is 3. The van der Waals surface area contributed by atoms with Gasteiger partial charge in [0.2, 0.25) is 5.78 Å². The number of hydrogen-bond acceptors (Lipinski definition) is 10. The minimum absolute atomic E-state index is 0.0308. The van der Waals surface area contributed by atoms with E-state index in [0.29, 0.717) is 23.9 Å². The number of nitrogens with two attached hydrogens (primary N) is 1. The molecule has 1 aliphatic heterocycles. The Labute approximate surface area is 226 Å². The summed E-state index contributed by atoms with van der Waals surface area (Å²) in [5, 5.41) is 45.0. The molecule has 210 valence electrons. The number of benzene rings is 1. The third-order valence-electron chi connectivity index (χ3n) is 9.02. The zero-order valence-electron chi connectivity index (χ0n) is 22.5. The van der Waals surface area contributed by atoms with Gasteiger partial charge >= 0.3 is 0 Å². The highest BCUT2D eigenvalue weighted by molar-refractivity contribution is 6.24. The average Bonchev–Trinajstić information content (AvgIpc) is 3.25. The number of likely N-dealkylation sites (N-methyl/N-ethyl adjacent to an activating group) is 1. The number of nitrogens with zero attached hydrogens (tertiary/aromatic N) is 2. The Kier molecular flexibility index (Phi) is 6.52. The lowest BCUT2D eigenvalue weighted by Crippen LogP contribution is -2.63. The minimum Gasteiger partial charge on any atom is -0.510 e. The van der Waals surface area contributed by atoms with Crippen LogP contribution in [0.3, 0.4) is 0 Å². The number of rotatable bonds is 5. The van der Waals surface area contributed by atoms with Crippen molar-refractivity contribution in [2.45, 2.75) is 56.8 Å². The fourth-order valence-electron chi connectivity index (χ4n) is 7.18. The second kappa shape index (κ2) is 9.35. The van der Waals surface area contributed by atoms with E-state index < -0.39 is 58.0 Å². The largest absolute Gasteiger partial charge is 0.510 e. The van der Waals surface area contributed by atoms with E-state index >= 15 is 0 Å². The van der Waals surface area contributed by atoms with Gasteiger partial charge in [0, 0.05) is 35.2 Å². The van der Waals surface area contributed by atoms with Crippen molar-refractivity contribution in [3.63, 3.8) is 0 Å². The van der Waals surface area contributed by atoms with E-state index in [4.69, 9.17) is 10.5 Å². The summed E-state index contributed by atoms with van der Waals surface area (Å²) in [4.78, 5) is 43.1. The zero-order valence-corrected chi connectivity index (χ0v) is 22.5. The fraction of sp³-hybridized carbons (Fsp3) is 0.536. The third kappa shape index (κ3) is 3.78. The molecule has 1 aromatic rings. The first-order chi connectivity index (χ1) is 18.3. The first-order valence-electron chi connectivity index (χ1n) is 13.1. The SMILES string of the molecule is COc1c(CN2CCC[C@H]2C)cc(O)c2c1C[C@H]1C[C@H]3[C@H](N(C)C)C(O)=C(C(N)=O)C(=O)[C@@]3(O)C(O)=C1C2=O. The quantitative estimate of drug-likeness (QED) is 0.340. The lowest BCUT2D eigenvalue weighted by atomic mass is 9.58. The number of allylic oxidation sites excluding steroid dienone is 1. The van der Waals surface area contributed by atoms with Crippen LogP contribution in [-0.4, -0.2) is 93.1 Å². The van der Waals surface area contributed by atoms with E-state index in [0.717, 1.165) is 24.9 Å². The minimum atomic E-state index is -2.66. The van der Waals surface area contributed by atoms with Crippen LogP contribution in [0.15, 0.2) is 28.7 Å². The van der Waals surface area contributed by atoms with Crippen LogP contribution in [0.2, 0.25) is 0 Å². The molecule has 1 fully saturated rings. The molecule has 3 aliphatic carbocycles. The van der Waals surface area contributed by atoms with Gasteiger partial charge in [0.1, 0.15) is 28.6 Å². The first-order valence-corrected chi connectivity index (χ1v) is 13.1. The molecule has 5 atom stereocenters. The van der Waals surface area contributed by atoms with E-state index in [-0.39, 0.29) is 29.7 Å². The topological polar surface area (TPSA) is 174 Å². The Bertz CT molecular complexity index is 1350. The smallest absolute Gasteiger partial charge is 0.255 e. The third-order valence-corrected chi connectivity index (χ3v) is 9.02. The Morgan fingerprint density at radius 3 is 2.51 bits per heavy atom. The number of carbonyl (C=O) groups excluding carboxylic acids is 3. The maximum atomic E-state index is 13.8. The van der Waals surface area contributed by atoms with Gasteiger partial charge in [0.15, 0.2) is 11.4 Å². The van der Waals surface area contributed by atoms with Gasteiger partial charge in [-0.05, 0) is 65.2 Å². The van der Waals surface area contributed by atoms with Gasteiger partial charge in [-0.1, -0.05) is 0 Å². The lowest BCUT2D eigenvalue weighted by Gasteiger charge is -2.50. The summed E-state index contributed by atoms with van der Waals surface area (Å²) in [7, 11) is 4.70. The Morgan fingerprint density at radius 2 is 1.95 bits per heavy atom. The normalized spacial score (nSPS) is 30.9. The number of likely N-dealkylation sites (tertiary alicyclic amines) is 1. The molecule has 6 N–H and O–H groups in total. The number of aliphatic hydroxyl groups is 3. The molecule has 0 spiro atoms. The van der Waals surface area contributed by atoms with Crippen molar-refractivity contribution in [3.8, 4) is 11.5 Å². The number of phenolic OH excluding ortho intramolecular Hbond substituents is 1. The van der Waals surface area contributed by atoms with E-state index in [1.54, 1.807) is 14.1 Å². The highest BCUT2D eigenvalue weighted by Gasteiger charge is 2.63. The van der Waals surface area contributed by atoms with Crippen molar-refractivity contribution < 1.29 is 39.5 Å². The summed E-state index contributed by atoms with van der Waals surface area (Å²) in [5.41, 5.74) is 2.89. The van der Waals surface area contributed by atoms with Crippen LogP contribution in [0.1, 0.15) is 47.7 Å². The van der Waals surface area contributed by atoms with E-state index in [1.165, 1.54) is 18.1 Å². The molecule has 11 nitrogen and oxygen atoms in total. The van der Waals surface area contributed by atoms with Crippen molar-refractivity contribution in [1.82, 2.24) is 9.80 Å². The molecule has 0 bridgehead atoms. The molecular weight excluding hydrogens is 506 g/mol. The Balaban J connectivity index is 1.66. The summed E-state index contributed by atoms with van der Waals surface area (Å²) in [6.45, 7) is 3.59. The summed E-state index contributed by atoms with van der Waals surface area (Å²) >= 11 is 0. The maximum absolute atomic E-state index is 13.8. The second-order valence-corrected chi connectivity index (χ2v) is 11.4. The summed E-state index contributed by atoms with van der Waals surface area (Å²) < 4.78 is 5.78. The number of fused-ring (bicyclic) bond motifs is 3. The predicted molar refractivity (Wildman–Crippen MR) is 139 cm³/mol. The van der Waals surface area contributed by atoms with Crippen molar-refractivity contribution in [2.24, 2.45) is 17.6 Å². The maximum Gasteiger partial charge on any atom is 0.255 e. The van der Waals surface area contributed by atoms with Gasteiger partial charge < -0.3 is 30.9 Å². The average molecular weight is 542 g/mol. The standard InChI is InChI=1S/C28H35N3O8/c1-12-6-5-7-31(12)11-14-10-17(32)19-15(24(14)39-4)8-13-9-16-21(30(2)3)23(34)20(27(29)37)26(36)28(16,38)25(35)18(13)22(19)33/h10,12-13,16,21,32,34-35,38H,5-9,11H2,1-4H3,(H2,29,37)/t12-,13+,16+,21+,28+/m1/s1. The van der Waals surface area contributed by atoms with Gasteiger partial charge in [-0.3, -0.25) is 24.2 Å². The van der Waals surface area contributed by atoms with Crippen LogP contribution in [-0.2, 0) is 22.6 Å². The number of ether oxygens (including phenoxy) is 1. The molecule has 0 saturated carbocycles. The highest BCUT2D eigenvalue weighted by atomic mass is 16.5. The number of methoxy groups -OCH3 is 1. The van der Waals surface area contributed by atoms with Crippen LogP contribution >= 0.6 is 0 Å². The van der Waals surface area contributed by atoms with E-state index in [9.17, 15) is 34.8 Å². The van der Waals surface area contributed by atoms with E-state index in [1.807, 2.05) is 0 Å². The fourth-order valence-corrected chi connectivity index (χ4v) is 7.18. The van der Waals surface area contributed by atoms with Crippen LogP contribution in [0.25, 0.3) is 0 Å². The van der Waals surface area contributed by atoms with Crippen LogP contribution in [0.5, 0.6) is 11.5 Å². The molecule has 11 heteroatoms. The first kappa shape index (κ1) is 27.2. The van der Waals surface area contributed by atoms with Gasteiger partial charge in [-0.2, -0.15) is 0 Å². The molecule has 0 radical (unpaired) electrons. The van der Waals surface area contributed by atoms with Gasteiger partial charge in [0.05, 0.1) is 18.7 Å². The molecule has 1 amide bonds. The number of primary amides is 1. The Hall–Kier alpha value is -3.41. The lowest BCUT2D eigenvalue weighted by molar-refractivity contribution is -0.148. The van der Waals surface area contributed by atoms with Crippen LogP contribution in [0.4, 0.5) is 0 Å². The number of phenols is 1. The van der Waals surface area contributed by atoms with Crippen molar-refractivity contribution in [1.29, 1.82) is 0 Å². The number of amides is 1. The molecular formula is C28H35N3O8. The molecule has 5 rings (SSSR count). The summed E-state index contributed by atoms with van der Waals surface area (Å²) in [6.07, 6.45) is 2.36. The van der Waals surface area contributed by atoms with Crippen LogP contribution in [0, 0.1) is 11.8 Å². The Morgan fingerprint density at radius 1 is 1.26 bits per heavy atom. The number of aromatic hydroxyl groups is 1. The number of ketones is 2. The second-order valence-electron chi connectivity index (χ2n) is 11.4. The van der Waals surface area contributed by atoms with Gasteiger partial charge in [0.25, 0.3) is 5.91 Å². The monoisotopic (exact) mass is 541 g/mol. The highest BCUT2D eigenvalue weighted by Crippen LogP contribution is 2.53. The van der Waals surface area contributed by atoms with Gasteiger partial charge in [-0.25, -0.2) is 0 Å². The molecule has 0 unspecified atom stereocenters. The number of Topliss-reactive ketones (excluding diaryl/α,β-unsaturated/α-hetero) is 2. The van der Waals surface area contributed by atoms with Crippen molar-refractivity contribution in [2.75, 3.05) is 27.7 Å². The molecule has 0 aromatic heterocycles. The van der Waals surface area contributed by atoms with Crippen LogP contribution < -0.4 is 10.5 Å². The number of hydrogen-bond donors (Lipinski definition) is 5. The number of aliphatic hydroxyl groups excluding tert-OH is 2. The molecule has 1 aromatic carbocycles. The molecule has 39 heavy (non-hydrogen) atoms. The van der Waals surface area contributed by atoms with Gasteiger partial charge in [-0.15, -0.1) is 0 Å². The van der Waals surface area contributed by atoms with E-state index in [2.05, 4.69) is 11.8 Å². The molecule has 1 heterocycles. The molecule has 4 aliphatic rings. The van der Waals surface area contributed by atoms with Crippen molar-refractivity contribution >= 4 is 17.5 Å².